The molecule has 1 amide bonds. The van der Waals surface area contributed by atoms with Gasteiger partial charge in [0.15, 0.2) is 16.7 Å². The molecule has 2 aromatic heterocycles. The molecule has 2 aromatic carbocycles. The van der Waals surface area contributed by atoms with Gasteiger partial charge in [0.2, 0.25) is 0 Å². The topological polar surface area (TPSA) is 107 Å². The molecule has 196 valence electrons. The van der Waals surface area contributed by atoms with Crippen LogP contribution in [0.3, 0.4) is 0 Å². The molecule has 11 heteroatoms. The van der Waals surface area contributed by atoms with Gasteiger partial charge >= 0.3 is 0 Å². The second kappa shape index (κ2) is 13.2. The lowest BCUT2D eigenvalue weighted by Crippen LogP contribution is -2.20. The van der Waals surface area contributed by atoms with Gasteiger partial charge in [0, 0.05) is 18.3 Å². The lowest BCUT2D eigenvalue weighted by atomic mass is 10.2. The predicted molar refractivity (Wildman–Crippen MR) is 145 cm³/mol. The zero-order chi connectivity index (χ0) is 26.7. The number of hydrazone groups is 1. The number of carbonyl (C=O) groups is 1. The molecule has 2 heterocycles. The van der Waals surface area contributed by atoms with Gasteiger partial charge in [0.1, 0.15) is 12.4 Å². The van der Waals surface area contributed by atoms with E-state index in [0.29, 0.717) is 24.0 Å². The molecule has 4 aromatic rings. The summed E-state index contributed by atoms with van der Waals surface area (Å²) in [6.45, 7) is 7.08. The largest absolute Gasteiger partial charge is 0.460 e. The van der Waals surface area contributed by atoms with Gasteiger partial charge < -0.3 is 19.0 Å². The molecule has 0 aliphatic carbocycles. The second-order valence-electron chi connectivity index (χ2n) is 8.17. The van der Waals surface area contributed by atoms with Crippen LogP contribution in [0, 0.1) is 12.7 Å². The number of anilines is 1. The van der Waals surface area contributed by atoms with Gasteiger partial charge in [0.05, 0.1) is 18.5 Å². The molecule has 0 bridgehead atoms. The minimum Gasteiger partial charge on any atom is -0.460 e. The van der Waals surface area contributed by atoms with Crippen LogP contribution in [0.15, 0.2) is 88.0 Å². The standard InChI is InChI=1S/C27H27FN6O3S/c1-3-14-34-24(16-29-22-10-4-19(2)5-11-22)31-33-27(34)38-18-25(35)32-30-15-23-12-13-26(37-23)36-17-20-6-8-21(28)9-7-20/h3-13,15,29H,1,14,16-18H2,2H3,(H,32,35)/b30-15+. The molecule has 4 rings (SSSR count). The van der Waals surface area contributed by atoms with Gasteiger partial charge in [-0.2, -0.15) is 5.10 Å². The van der Waals surface area contributed by atoms with Gasteiger partial charge in [0.25, 0.3) is 11.9 Å². The Hall–Kier alpha value is -4.38. The highest BCUT2D eigenvalue weighted by Crippen LogP contribution is 2.19. The number of benzene rings is 2. The number of hydrogen-bond donors (Lipinski definition) is 2. The highest BCUT2D eigenvalue weighted by molar-refractivity contribution is 7.99. The Morgan fingerprint density at radius 3 is 2.71 bits per heavy atom. The summed E-state index contributed by atoms with van der Waals surface area (Å²) in [6, 6.07) is 17.4. The van der Waals surface area contributed by atoms with Crippen LogP contribution >= 0.6 is 11.8 Å². The van der Waals surface area contributed by atoms with E-state index in [9.17, 15) is 9.18 Å². The number of halogens is 1. The van der Waals surface area contributed by atoms with Crippen molar-refractivity contribution in [2.75, 3.05) is 11.1 Å². The molecule has 0 fully saturated rings. The first-order valence-corrected chi connectivity index (χ1v) is 12.7. The number of thioether (sulfide) groups is 1. The monoisotopic (exact) mass is 534 g/mol. The molecule has 0 radical (unpaired) electrons. The first-order chi connectivity index (χ1) is 18.5. The van der Waals surface area contributed by atoms with Crippen LogP contribution in [0.25, 0.3) is 0 Å². The average Bonchev–Trinajstić information content (AvgIpc) is 3.54. The van der Waals surface area contributed by atoms with Crippen LogP contribution in [0.4, 0.5) is 10.1 Å². The first kappa shape index (κ1) is 26.7. The average molecular weight is 535 g/mol. The van der Waals surface area contributed by atoms with Crippen LogP contribution in [0.5, 0.6) is 5.95 Å². The fourth-order valence-corrected chi connectivity index (χ4v) is 4.03. The minimum atomic E-state index is -0.307. The van der Waals surface area contributed by atoms with Crippen molar-refractivity contribution in [1.29, 1.82) is 0 Å². The molecule has 0 aliphatic heterocycles. The number of nitrogens with one attached hydrogen (secondary N) is 2. The second-order valence-corrected chi connectivity index (χ2v) is 9.11. The van der Waals surface area contributed by atoms with E-state index in [2.05, 4.69) is 32.6 Å². The lowest BCUT2D eigenvalue weighted by molar-refractivity contribution is -0.118. The Kier molecular flexibility index (Phi) is 9.30. The fraction of sp³-hybridized carbons (Fsp3) is 0.185. The maximum absolute atomic E-state index is 13.0. The summed E-state index contributed by atoms with van der Waals surface area (Å²) in [6.07, 6.45) is 3.14. The van der Waals surface area contributed by atoms with E-state index in [1.165, 1.54) is 35.7 Å². The number of nitrogens with zero attached hydrogens (tertiary/aromatic N) is 4. The van der Waals surface area contributed by atoms with Gasteiger partial charge in [-0.3, -0.25) is 4.79 Å². The Balaban J connectivity index is 1.23. The van der Waals surface area contributed by atoms with Crippen molar-refractivity contribution in [3.63, 3.8) is 0 Å². The fourth-order valence-electron chi connectivity index (χ4n) is 3.27. The van der Waals surface area contributed by atoms with E-state index in [0.717, 1.165) is 17.1 Å². The molecule has 0 aliphatic rings. The molecule has 0 saturated heterocycles. The number of rotatable bonds is 13. The minimum absolute atomic E-state index is 0.0994. The van der Waals surface area contributed by atoms with Crippen molar-refractivity contribution in [3.8, 4) is 5.95 Å². The summed E-state index contributed by atoms with van der Waals surface area (Å²) in [5, 5.41) is 16.4. The van der Waals surface area contributed by atoms with Crippen LogP contribution in [-0.4, -0.2) is 32.6 Å². The molecule has 0 unspecified atom stereocenters. The van der Waals surface area contributed by atoms with Crippen molar-refractivity contribution in [1.82, 2.24) is 20.2 Å². The number of aryl methyl sites for hydroxylation is 1. The van der Waals surface area contributed by atoms with Crippen molar-refractivity contribution in [3.05, 3.63) is 102 Å². The SMILES string of the molecule is C=CCn1c(CNc2ccc(C)cc2)nnc1SCC(=O)N/N=C/c1ccc(OCc2ccc(F)cc2)o1. The van der Waals surface area contributed by atoms with E-state index in [4.69, 9.17) is 9.15 Å². The third-order valence-corrected chi connectivity index (χ3v) is 6.18. The Bertz CT molecular complexity index is 1380. The number of ether oxygens (including phenoxy) is 1. The van der Waals surface area contributed by atoms with Crippen LogP contribution in [-0.2, 0) is 24.5 Å². The van der Waals surface area contributed by atoms with E-state index >= 15 is 0 Å². The normalized spacial score (nSPS) is 11.0. The van der Waals surface area contributed by atoms with Gasteiger partial charge in [-0.15, -0.1) is 16.8 Å². The summed E-state index contributed by atoms with van der Waals surface area (Å²) in [4.78, 5) is 12.3. The molecule has 0 spiro atoms. The third kappa shape index (κ3) is 7.81. The molecule has 38 heavy (non-hydrogen) atoms. The van der Waals surface area contributed by atoms with Crippen LogP contribution in [0.2, 0.25) is 0 Å². The quantitative estimate of drug-likeness (QED) is 0.108. The number of amides is 1. The Morgan fingerprint density at radius 1 is 1.16 bits per heavy atom. The number of hydrogen-bond acceptors (Lipinski definition) is 8. The van der Waals surface area contributed by atoms with Gasteiger partial charge in [-0.05, 0) is 42.8 Å². The van der Waals surface area contributed by atoms with Crippen LogP contribution in [0.1, 0.15) is 22.7 Å². The number of allylic oxidation sites excluding steroid dienone is 1. The first-order valence-electron chi connectivity index (χ1n) is 11.8. The number of aromatic nitrogens is 3. The zero-order valence-electron chi connectivity index (χ0n) is 20.8. The van der Waals surface area contributed by atoms with Crippen molar-refractivity contribution >= 4 is 29.6 Å². The van der Waals surface area contributed by atoms with E-state index in [-0.39, 0.29) is 30.0 Å². The summed E-state index contributed by atoms with van der Waals surface area (Å²) in [5.41, 5.74) is 5.45. The molecule has 0 saturated carbocycles. The summed E-state index contributed by atoms with van der Waals surface area (Å²) >= 11 is 1.26. The van der Waals surface area contributed by atoms with Gasteiger partial charge in [-0.25, -0.2) is 9.82 Å². The molecular weight excluding hydrogens is 507 g/mol. The third-order valence-electron chi connectivity index (χ3n) is 5.22. The van der Waals surface area contributed by atoms with Gasteiger partial charge in [-0.1, -0.05) is 47.7 Å². The highest BCUT2D eigenvalue weighted by Gasteiger charge is 2.13. The van der Waals surface area contributed by atoms with E-state index < -0.39 is 0 Å². The van der Waals surface area contributed by atoms with Crippen molar-refractivity contribution < 1.29 is 18.3 Å². The Morgan fingerprint density at radius 2 is 1.95 bits per heavy atom. The van der Waals surface area contributed by atoms with Crippen molar-refractivity contribution in [2.24, 2.45) is 5.10 Å². The number of carbonyl (C=O) groups excluding carboxylic acids is 1. The highest BCUT2D eigenvalue weighted by atomic mass is 32.2. The summed E-state index contributed by atoms with van der Waals surface area (Å²) < 4.78 is 25.9. The van der Waals surface area contributed by atoms with Crippen LogP contribution < -0.4 is 15.5 Å². The molecule has 0 atom stereocenters. The van der Waals surface area contributed by atoms with E-state index in [1.54, 1.807) is 30.3 Å². The maximum atomic E-state index is 13.0. The smallest absolute Gasteiger partial charge is 0.285 e. The van der Waals surface area contributed by atoms with E-state index in [1.807, 2.05) is 35.8 Å². The molecule has 9 nitrogen and oxygen atoms in total. The molecule has 2 N–H and O–H groups in total. The predicted octanol–water partition coefficient (Wildman–Crippen LogP) is 4.94. The lowest BCUT2D eigenvalue weighted by Gasteiger charge is -2.09. The zero-order valence-corrected chi connectivity index (χ0v) is 21.6. The Labute approximate surface area is 223 Å². The summed E-state index contributed by atoms with van der Waals surface area (Å²) in [5.74, 6) is 0.915. The summed E-state index contributed by atoms with van der Waals surface area (Å²) in [7, 11) is 0. The number of furan rings is 1. The molecular formula is C27H27FN6O3S. The maximum Gasteiger partial charge on any atom is 0.285 e. The van der Waals surface area contributed by atoms with Crippen molar-refractivity contribution in [2.45, 2.75) is 31.8 Å².